The van der Waals surface area contributed by atoms with Crippen LogP contribution in [0.5, 0.6) is 0 Å². The van der Waals surface area contributed by atoms with Crippen LogP contribution < -0.4 is 5.32 Å². The molecule has 9 heteroatoms. The van der Waals surface area contributed by atoms with Gasteiger partial charge in [-0.05, 0) is 48.6 Å². The molecule has 1 aromatic carbocycles. The zero-order valence-electron chi connectivity index (χ0n) is 15.3. The van der Waals surface area contributed by atoms with Crippen molar-refractivity contribution >= 4 is 23.0 Å². The topological polar surface area (TPSA) is 105 Å². The van der Waals surface area contributed by atoms with Crippen LogP contribution in [0.15, 0.2) is 65.2 Å². The summed E-state index contributed by atoms with van der Waals surface area (Å²) in [6, 6.07) is 15.0. The fraction of sp³-hybridized carbons (Fsp3) is 0.200. The van der Waals surface area contributed by atoms with Crippen molar-refractivity contribution in [2.75, 3.05) is 13.2 Å². The van der Waals surface area contributed by atoms with Crippen LogP contribution in [-0.4, -0.2) is 38.2 Å². The minimum Gasteiger partial charge on any atom is -0.459 e. The fourth-order valence-electron chi connectivity index (χ4n) is 3.48. The lowest BCUT2D eigenvalue weighted by atomic mass is 10.0. The van der Waals surface area contributed by atoms with Crippen LogP contribution in [0.4, 0.5) is 5.69 Å². The number of furan rings is 1. The third-order valence-electron chi connectivity index (χ3n) is 4.82. The molecule has 0 spiro atoms. The van der Waals surface area contributed by atoms with Gasteiger partial charge in [-0.1, -0.05) is 6.07 Å². The van der Waals surface area contributed by atoms with Crippen LogP contribution >= 0.6 is 12.2 Å². The van der Waals surface area contributed by atoms with Crippen LogP contribution in [0, 0.1) is 10.1 Å². The van der Waals surface area contributed by atoms with Crippen molar-refractivity contribution in [3.63, 3.8) is 0 Å². The molecular weight excluding hydrogens is 392 g/mol. The average molecular weight is 410 g/mol. The number of benzene rings is 1. The molecule has 3 heterocycles. The molecule has 4 rings (SSSR count). The van der Waals surface area contributed by atoms with Gasteiger partial charge in [0.25, 0.3) is 5.69 Å². The van der Waals surface area contributed by atoms with Crippen LogP contribution in [0.1, 0.15) is 23.5 Å². The molecule has 1 fully saturated rings. The molecule has 2 N–H and O–H groups in total. The molecule has 2 aromatic heterocycles. The van der Waals surface area contributed by atoms with E-state index in [0.717, 1.165) is 11.3 Å². The zero-order chi connectivity index (χ0) is 20.4. The van der Waals surface area contributed by atoms with Gasteiger partial charge < -0.3 is 19.7 Å². The number of aliphatic hydroxyl groups excluding tert-OH is 1. The lowest BCUT2D eigenvalue weighted by Gasteiger charge is -2.25. The maximum Gasteiger partial charge on any atom is 0.269 e. The van der Waals surface area contributed by atoms with Crippen molar-refractivity contribution in [2.24, 2.45) is 0 Å². The predicted molar refractivity (Wildman–Crippen MR) is 110 cm³/mol. The number of non-ortho nitro benzene ring substituents is 1. The Morgan fingerprint density at radius 2 is 2.00 bits per heavy atom. The summed E-state index contributed by atoms with van der Waals surface area (Å²) in [6.45, 7) is 0.302. The van der Waals surface area contributed by atoms with Gasteiger partial charge in [-0.2, -0.15) is 0 Å². The van der Waals surface area contributed by atoms with Crippen molar-refractivity contribution in [3.8, 4) is 11.3 Å². The smallest absolute Gasteiger partial charge is 0.269 e. The van der Waals surface area contributed by atoms with E-state index in [9.17, 15) is 15.2 Å². The fourth-order valence-corrected chi connectivity index (χ4v) is 3.81. The van der Waals surface area contributed by atoms with Crippen LogP contribution in [0.3, 0.4) is 0 Å². The van der Waals surface area contributed by atoms with E-state index in [0.29, 0.717) is 23.2 Å². The number of hydrogen-bond donors (Lipinski definition) is 2. The molecule has 1 aliphatic rings. The molecule has 0 unspecified atom stereocenters. The summed E-state index contributed by atoms with van der Waals surface area (Å²) in [6.07, 6.45) is 1.72. The largest absolute Gasteiger partial charge is 0.459 e. The molecule has 1 saturated heterocycles. The highest BCUT2D eigenvalue weighted by Gasteiger charge is 2.41. The van der Waals surface area contributed by atoms with Crippen molar-refractivity contribution < 1.29 is 14.4 Å². The standard InChI is InChI=1S/C20H18N4O4S/c25-12-11-23-19(18(22-20(23)29)15-3-1-2-10-21-15)17-9-8-16(28-17)13-4-6-14(7-5-13)24(26)27/h1-10,18-19,25H,11-12H2,(H,22,29)/t18-,19+/m0/s1. The second-order valence-corrected chi connectivity index (χ2v) is 6.94. The minimum absolute atomic E-state index is 0.0233. The Morgan fingerprint density at radius 3 is 2.66 bits per heavy atom. The first kappa shape index (κ1) is 19.0. The summed E-state index contributed by atoms with van der Waals surface area (Å²) in [5.41, 5.74) is 1.57. The number of rotatable bonds is 6. The zero-order valence-corrected chi connectivity index (χ0v) is 16.1. The molecule has 0 saturated carbocycles. The number of nitrogens with zero attached hydrogens (tertiary/aromatic N) is 3. The molecule has 0 bridgehead atoms. The normalized spacial score (nSPS) is 18.7. The summed E-state index contributed by atoms with van der Waals surface area (Å²) in [5, 5.41) is 24.1. The first-order valence-corrected chi connectivity index (χ1v) is 9.43. The van der Waals surface area contributed by atoms with Gasteiger partial charge in [0.15, 0.2) is 5.11 Å². The van der Waals surface area contributed by atoms with Gasteiger partial charge in [-0.3, -0.25) is 15.1 Å². The average Bonchev–Trinajstić information content (AvgIpc) is 3.34. The monoisotopic (exact) mass is 410 g/mol. The molecule has 29 heavy (non-hydrogen) atoms. The first-order valence-electron chi connectivity index (χ1n) is 9.02. The molecule has 2 atom stereocenters. The number of nitro groups is 1. The summed E-state index contributed by atoms with van der Waals surface area (Å²) < 4.78 is 6.11. The summed E-state index contributed by atoms with van der Waals surface area (Å²) >= 11 is 5.47. The number of aromatic nitrogens is 1. The Labute approximate surface area is 171 Å². The quantitative estimate of drug-likeness (QED) is 0.363. The predicted octanol–water partition coefficient (Wildman–Crippen LogP) is 3.21. The number of hydrogen-bond acceptors (Lipinski definition) is 6. The number of thiocarbonyl (C=S) groups is 1. The van der Waals surface area contributed by atoms with E-state index >= 15 is 0 Å². The lowest BCUT2D eigenvalue weighted by molar-refractivity contribution is -0.384. The minimum atomic E-state index is -0.438. The van der Waals surface area contributed by atoms with Crippen LogP contribution in [-0.2, 0) is 0 Å². The highest BCUT2D eigenvalue weighted by atomic mass is 32.1. The van der Waals surface area contributed by atoms with Crippen molar-refractivity contribution in [2.45, 2.75) is 12.1 Å². The van der Waals surface area contributed by atoms with Crippen molar-refractivity contribution in [3.05, 3.63) is 82.4 Å². The maximum atomic E-state index is 10.9. The van der Waals surface area contributed by atoms with Gasteiger partial charge in [-0.25, -0.2) is 0 Å². The Morgan fingerprint density at radius 1 is 1.21 bits per heavy atom. The molecule has 0 aliphatic carbocycles. The number of nitro benzene ring substituents is 1. The Bertz CT molecular complexity index is 1020. The highest BCUT2D eigenvalue weighted by molar-refractivity contribution is 7.80. The number of aliphatic hydroxyl groups is 1. The summed E-state index contributed by atoms with van der Waals surface area (Å²) in [5.74, 6) is 1.26. The molecular formula is C20H18N4O4S. The Hall–Kier alpha value is -3.30. The molecule has 8 nitrogen and oxygen atoms in total. The third-order valence-corrected chi connectivity index (χ3v) is 5.17. The van der Waals surface area contributed by atoms with E-state index in [-0.39, 0.29) is 24.4 Å². The molecule has 148 valence electrons. The van der Waals surface area contributed by atoms with Crippen molar-refractivity contribution in [1.29, 1.82) is 0 Å². The first-order chi connectivity index (χ1) is 14.1. The van der Waals surface area contributed by atoms with Gasteiger partial charge >= 0.3 is 0 Å². The van der Waals surface area contributed by atoms with E-state index in [1.165, 1.54) is 12.1 Å². The Kier molecular flexibility index (Phi) is 5.24. The summed E-state index contributed by atoms with van der Waals surface area (Å²) in [4.78, 5) is 16.7. The Balaban J connectivity index is 1.68. The molecule has 1 aliphatic heterocycles. The van der Waals surface area contributed by atoms with Crippen LogP contribution in [0.2, 0.25) is 0 Å². The second-order valence-electron chi connectivity index (χ2n) is 6.55. The summed E-state index contributed by atoms with van der Waals surface area (Å²) in [7, 11) is 0. The maximum absolute atomic E-state index is 10.9. The molecule has 3 aromatic rings. The van der Waals surface area contributed by atoms with E-state index < -0.39 is 4.92 Å². The SMILES string of the molecule is O=[N+]([O-])c1ccc(-c2ccc([C@@H]3[C@H](c4ccccn4)NC(=S)N3CCO)o2)cc1. The molecule has 0 radical (unpaired) electrons. The van der Waals surface area contributed by atoms with Gasteiger partial charge in [0.05, 0.1) is 23.3 Å². The number of pyridine rings is 1. The lowest BCUT2D eigenvalue weighted by Crippen LogP contribution is -2.32. The van der Waals surface area contributed by atoms with Crippen LogP contribution in [0.25, 0.3) is 11.3 Å². The second kappa shape index (κ2) is 7.98. The number of β-amino-alcohol motifs (C(OH)–C–C–N with tert-alkyl or cyclic N) is 1. The third kappa shape index (κ3) is 3.69. The van der Waals surface area contributed by atoms with Crippen molar-refractivity contribution in [1.82, 2.24) is 15.2 Å². The van der Waals surface area contributed by atoms with E-state index in [2.05, 4.69) is 10.3 Å². The van der Waals surface area contributed by atoms with Gasteiger partial charge in [0.2, 0.25) is 0 Å². The number of nitrogens with one attached hydrogen (secondary N) is 1. The van der Waals surface area contributed by atoms with Gasteiger partial charge in [0.1, 0.15) is 17.6 Å². The van der Waals surface area contributed by atoms with Gasteiger partial charge in [0, 0.05) is 30.4 Å². The van der Waals surface area contributed by atoms with E-state index in [1.807, 2.05) is 35.2 Å². The molecule has 0 amide bonds. The van der Waals surface area contributed by atoms with E-state index in [1.54, 1.807) is 18.3 Å². The van der Waals surface area contributed by atoms with Gasteiger partial charge in [-0.15, -0.1) is 0 Å². The highest BCUT2D eigenvalue weighted by Crippen LogP contribution is 2.40. The van der Waals surface area contributed by atoms with E-state index in [4.69, 9.17) is 16.6 Å².